The molecule has 0 radical (unpaired) electrons. The number of ether oxygens (including phenoxy) is 1. The molecule has 0 aromatic carbocycles. The Morgan fingerprint density at radius 1 is 1.60 bits per heavy atom. The summed E-state index contributed by atoms with van der Waals surface area (Å²) in [5, 5.41) is 13.8. The van der Waals surface area contributed by atoms with Gasteiger partial charge >= 0.3 is 0 Å². The third-order valence-electron chi connectivity index (χ3n) is 2.01. The molecule has 0 saturated heterocycles. The molecule has 0 saturated carbocycles. The highest BCUT2D eigenvalue weighted by Gasteiger charge is 2.09. The van der Waals surface area contributed by atoms with Crippen molar-refractivity contribution in [1.82, 2.24) is 5.32 Å². The SMILES string of the molecule is COC(C)C(=O)NCCCCC(N)=NO. The van der Waals surface area contributed by atoms with E-state index in [0.29, 0.717) is 13.0 Å². The van der Waals surface area contributed by atoms with Crippen LogP contribution < -0.4 is 11.1 Å². The van der Waals surface area contributed by atoms with E-state index in [9.17, 15) is 4.79 Å². The number of nitrogens with two attached hydrogens (primary N) is 1. The molecule has 0 aromatic rings. The number of methoxy groups -OCH3 is 1. The summed E-state index contributed by atoms with van der Waals surface area (Å²) in [6, 6.07) is 0. The summed E-state index contributed by atoms with van der Waals surface area (Å²) < 4.78 is 4.84. The van der Waals surface area contributed by atoms with Crippen LogP contribution in [-0.4, -0.2) is 36.7 Å². The molecule has 0 spiro atoms. The lowest BCUT2D eigenvalue weighted by Crippen LogP contribution is -2.34. The zero-order valence-corrected chi connectivity index (χ0v) is 9.19. The second kappa shape index (κ2) is 8.05. The Bertz CT molecular complexity index is 219. The number of carbonyl (C=O) groups excluding carboxylic acids is 1. The maximum atomic E-state index is 11.2. The van der Waals surface area contributed by atoms with Crippen LogP contribution in [0.25, 0.3) is 0 Å². The van der Waals surface area contributed by atoms with E-state index in [-0.39, 0.29) is 11.7 Å². The van der Waals surface area contributed by atoms with Crippen LogP contribution in [-0.2, 0) is 9.53 Å². The van der Waals surface area contributed by atoms with Crippen LogP contribution in [0.3, 0.4) is 0 Å². The molecule has 88 valence electrons. The first kappa shape index (κ1) is 13.7. The summed E-state index contributed by atoms with van der Waals surface area (Å²) in [4.78, 5) is 11.2. The number of hydrogen-bond acceptors (Lipinski definition) is 4. The molecule has 6 heteroatoms. The van der Waals surface area contributed by atoms with Crippen molar-refractivity contribution in [3.63, 3.8) is 0 Å². The maximum absolute atomic E-state index is 11.2. The van der Waals surface area contributed by atoms with E-state index in [1.165, 1.54) is 7.11 Å². The molecule has 0 fully saturated rings. The third-order valence-corrected chi connectivity index (χ3v) is 2.01. The monoisotopic (exact) mass is 217 g/mol. The highest BCUT2D eigenvalue weighted by atomic mass is 16.5. The van der Waals surface area contributed by atoms with Crippen LogP contribution in [0.2, 0.25) is 0 Å². The molecular formula is C9H19N3O3. The fraction of sp³-hybridized carbons (Fsp3) is 0.778. The molecular weight excluding hydrogens is 198 g/mol. The fourth-order valence-corrected chi connectivity index (χ4v) is 0.943. The zero-order chi connectivity index (χ0) is 11.7. The molecule has 0 aromatic heterocycles. The quantitative estimate of drug-likeness (QED) is 0.184. The van der Waals surface area contributed by atoms with Gasteiger partial charge < -0.3 is 21.0 Å². The molecule has 1 atom stereocenters. The normalized spacial score (nSPS) is 13.6. The number of amides is 1. The molecule has 1 unspecified atom stereocenters. The Balaban J connectivity index is 3.43. The fourth-order valence-electron chi connectivity index (χ4n) is 0.943. The predicted octanol–water partition coefficient (Wildman–Crippen LogP) is 0.0542. The van der Waals surface area contributed by atoms with Crippen molar-refractivity contribution in [3.8, 4) is 0 Å². The lowest BCUT2D eigenvalue weighted by molar-refractivity contribution is -0.130. The average molecular weight is 217 g/mol. The number of amidine groups is 1. The van der Waals surface area contributed by atoms with E-state index in [2.05, 4.69) is 10.5 Å². The van der Waals surface area contributed by atoms with Crippen molar-refractivity contribution >= 4 is 11.7 Å². The van der Waals surface area contributed by atoms with Gasteiger partial charge in [0.2, 0.25) is 5.91 Å². The standard InChI is InChI=1S/C9H19N3O3/c1-7(15-2)9(13)11-6-4-3-5-8(10)12-14/h7,14H,3-6H2,1-2H3,(H2,10,12)(H,11,13). The van der Waals surface area contributed by atoms with Crippen molar-refractivity contribution in [2.45, 2.75) is 32.3 Å². The Morgan fingerprint density at radius 2 is 2.27 bits per heavy atom. The Kier molecular flexibility index (Phi) is 7.35. The molecule has 15 heavy (non-hydrogen) atoms. The summed E-state index contributed by atoms with van der Waals surface area (Å²) in [5.41, 5.74) is 5.28. The minimum Gasteiger partial charge on any atom is -0.409 e. The first-order chi connectivity index (χ1) is 7.11. The molecule has 4 N–H and O–H groups in total. The van der Waals surface area contributed by atoms with Gasteiger partial charge in [-0.2, -0.15) is 0 Å². The highest BCUT2D eigenvalue weighted by Crippen LogP contribution is 1.94. The molecule has 1 amide bonds. The van der Waals surface area contributed by atoms with Crippen LogP contribution in [0.15, 0.2) is 5.16 Å². The van der Waals surface area contributed by atoms with Crippen molar-refractivity contribution < 1.29 is 14.7 Å². The van der Waals surface area contributed by atoms with E-state index >= 15 is 0 Å². The van der Waals surface area contributed by atoms with Gasteiger partial charge in [-0.05, 0) is 19.8 Å². The topological polar surface area (TPSA) is 96.9 Å². The van der Waals surface area contributed by atoms with Gasteiger partial charge in [0.05, 0.1) is 0 Å². The first-order valence-corrected chi connectivity index (χ1v) is 4.88. The number of oxime groups is 1. The Morgan fingerprint density at radius 3 is 2.80 bits per heavy atom. The van der Waals surface area contributed by atoms with Gasteiger partial charge in [-0.15, -0.1) is 0 Å². The van der Waals surface area contributed by atoms with E-state index in [1.807, 2.05) is 0 Å². The van der Waals surface area contributed by atoms with Crippen LogP contribution in [0.4, 0.5) is 0 Å². The van der Waals surface area contributed by atoms with Gasteiger partial charge in [-0.3, -0.25) is 4.79 Å². The van der Waals surface area contributed by atoms with Crippen molar-refractivity contribution in [2.24, 2.45) is 10.9 Å². The van der Waals surface area contributed by atoms with Gasteiger partial charge in [-0.1, -0.05) is 5.16 Å². The first-order valence-electron chi connectivity index (χ1n) is 4.88. The van der Waals surface area contributed by atoms with Gasteiger partial charge in [-0.25, -0.2) is 0 Å². The lowest BCUT2D eigenvalue weighted by Gasteiger charge is -2.09. The van der Waals surface area contributed by atoms with Crippen molar-refractivity contribution in [2.75, 3.05) is 13.7 Å². The Labute approximate surface area is 89.5 Å². The molecule has 0 heterocycles. The number of nitrogens with one attached hydrogen (secondary N) is 1. The molecule has 0 aliphatic rings. The van der Waals surface area contributed by atoms with Crippen LogP contribution >= 0.6 is 0 Å². The van der Waals surface area contributed by atoms with Gasteiger partial charge in [0.15, 0.2) is 0 Å². The van der Waals surface area contributed by atoms with Gasteiger partial charge in [0, 0.05) is 20.1 Å². The second-order valence-corrected chi connectivity index (χ2v) is 3.22. The number of rotatable bonds is 7. The predicted molar refractivity (Wildman–Crippen MR) is 56.7 cm³/mol. The number of carbonyl (C=O) groups is 1. The number of unbranched alkanes of at least 4 members (excludes halogenated alkanes) is 1. The third kappa shape index (κ3) is 6.73. The summed E-state index contributed by atoms with van der Waals surface area (Å²) in [6.45, 7) is 2.26. The second-order valence-electron chi connectivity index (χ2n) is 3.22. The van der Waals surface area contributed by atoms with E-state index < -0.39 is 6.10 Å². The minimum absolute atomic E-state index is 0.124. The Hall–Kier alpha value is -1.30. The van der Waals surface area contributed by atoms with Gasteiger partial charge in [0.1, 0.15) is 11.9 Å². The zero-order valence-electron chi connectivity index (χ0n) is 9.19. The van der Waals surface area contributed by atoms with E-state index in [4.69, 9.17) is 15.7 Å². The molecule has 0 bridgehead atoms. The number of hydrogen-bond donors (Lipinski definition) is 3. The lowest BCUT2D eigenvalue weighted by atomic mass is 10.2. The summed E-state index contributed by atoms with van der Waals surface area (Å²) in [5.74, 6) is 0.0906. The van der Waals surface area contributed by atoms with Crippen LogP contribution in [0, 0.1) is 0 Å². The average Bonchev–Trinajstić information content (AvgIpc) is 2.26. The molecule has 6 nitrogen and oxygen atoms in total. The smallest absolute Gasteiger partial charge is 0.248 e. The van der Waals surface area contributed by atoms with Crippen molar-refractivity contribution in [1.29, 1.82) is 0 Å². The summed E-state index contributed by atoms with van der Waals surface area (Å²) in [6.07, 6.45) is 1.68. The van der Waals surface area contributed by atoms with Crippen LogP contribution in [0.1, 0.15) is 26.2 Å². The summed E-state index contributed by atoms with van der Waals surface area (Å²) >= 11 is 0. The maximum Gasteiger partial charge on any atom is 0.248 e. The van der Waals surface area contributed by atoms with E-state index in [0.717, 1.165) is 12.8 Å². The highest BCUT2D eigenvalue weighted by molar-refractivity contribution is 5.80. The van der Waals surface area contributed by atoms with Crippen LogP contribution in [0.5, 0.6) is 0 Å². The molecule has 0 rings (SSSR count). The molecule has 0 aliphatic carbocycles. The summed E-state index contributed by atoms with van der Waals surface area (Å²) in [7, 11) is 1.49. The van der Waals surface area contributed by atoms with Gasteiger partial charge in [0.25, 0.3) is 0 Å². The largest absolute Gasteiger partial charge is 0.409 e. The van der Waals surface area contributed by atoms with Crippen molar-refractivity contribution in [3.05, 3.63) is 0 Å². The number of nitrogens with zero attached hydrogens (tertiary/aromatic N) is 1. The molecule has 0 aliphatic heterocycles. The minimum atomic E-state index is -0.422. The van der Waals surface area contributed by atoms with E-state index in [1.54, 1.807) is 6.92 Å².